The largest absolute Gasteiger partial charge is 0.490 e. The molecule has 0 bridgehead atoms. The zero-order chi connectivity index (χ0) is 18.1. The normalized spacial score (nSPS) is 12.8. The van der Waals surface area contributed by atoms with Crippen molar-refractivity contribution in [2.24, 2.45) is 0 Å². The molecule has 2 heterocycles. The molecule has 4 rings (SSSR count). The Morgan fingerprint density at radius 2 is 1.73 bits per heavy atom. The van der Waals surface area contributed by atoms with Gasteiger partial charge in [-0.05, 0) is 71.6 Å². The van der Waals surface area contributed by atoms with Gasteiger partial charge in [-0.3, -0.25) is 9.78 Å². The first-order chi connectivity index (χ1) is 12.7. The van der Waals surface area contributed by atoms with Gasteiger partial charge in [0.25, 0.3) is 5.91 Å². The van der Waals surface area contributed by atoms with E-state index in [1.54, 1.807) is 12.4 Å². The quantitative estimate of drug-likeness (QED) is 0.759. The minimum absolute atomic E-state index is 0.0379. The Bertz CT molecular complexity index is 984. The summed E-state index contributed by atoms with van der Waals surface area (Å²) in [5, 5.41) is 4.93. The van der Waals surface area contributed by atoms with Crippen LogP contribution in [0.4, 0.5) is 0 Å². The number of hydrogen-bond donors (Lipinski definition) is 1. The van der Waals surface area contributed by atoms with Gasteiger partial charge in [0.05, 0.1) is 13.2 Å². The molecule has 0 atom stereocenters. The van der Waals surface area contributed by atoms with Gasteiger partial charge in [0.2, 0.25) is 0 Å². The van der Waals surface area contributed by atoms with E-state index in [1.165, 1.54) is 0 Å². The van der Waals surface area contributed by atoms with Gasteiger partial charge in [0.1, 0.15) is 0 Å². The van der Waals surface area contributed by atoms with Crippen molar-refractivity contribution in [1.29, 1.82) is 0 Å². The minimum atomic E-state index is -0.0379. The van der Waals surface area contributed by atoms with Crippen LogP contribution < -0.4 is 14.8 Å². The summed E-state index contributed by atoms with van der Waals surface area (Å²) in [6.07, 6.45) is 3.53. The van der Waals surface area contributed by atoms with E-state index in [4.69, 9.17) is 9.47 Å². The minimum Gasteiger partial charge on any atom is -0.490 e. The van der Waals surface area contributed by atoms with Crippen LogP contribution in [-0.2, 0) is 6.54 Å². The first-order valence-electron chi connectivity index (χ1n) is 8.80. The molecule has 132 valence electrons. The number of nitrogens with one attached hydrogen (secondary N) is 1. The lowest BCUT2D eigenvalue weighted by Crippen LogP contribution is -2.12. The van der Waals surface area contributed by atoms with E-state index in [-0.39, 0.29) is 5.91 Å². The summed E-state index contributed by atoms with van der Waals surface area (Å²) in [5.74, 6) is 1.37. The zero-order valence-corrected chi connectivity index (χ0v) is 14.8. The summed E-state index contributed by atoms with van der Waals surface area (Å²) >= 11 is 0. The van der Waals surface area contributed by atoms with Gasteiger partial charge < -0.3 is 14.8 Å². The molecular formula is C21H20N2O3. The summed E-state index contributed by atoms with van der Waals surface area (Å²) in [4.78, 5) is 16.4. The maximum absolute atomic E-state index is 12.3. The van der Waals surface area contributed by atoms with E-state index >= 15 is 0 Å². The zero-order valence-electron chi connectivity index (χ0n) is 14.8. The molecule has 0 saturated heterocycles. The summed E-state index contributed by atoms with van der Waals surface area (Å²) in [5.41, 5.74) is 3.81. The lowest BCUT2D eigenvalue weighted by atomic mass is 9.91. The Hall–Kier alpha value is -3.08. The molecule has 1 N–H and O–H groups in total. The fourth-order valence-electron chi connectivity index (χ4n) is 3.49. The molecule has 5 heteroatoms. The molecule has 0 fully saturated rings. The van der Waals surface area contributed by atoms with Crippen LogP contribution >= 0.6 is 0 Å². The Kier molecular flexibility index (Phi) is 4.21. The average Bonchev–Trinajstić information content (AvgIpc) is 3.02. The van der Waals surface area contributed by atoms with Crippen molar-refractivity contribution in [3.05, 3.63) is 53.9 Å². The maximum Gasteiger partial charge on any atom is 0.251 e. The van der Waals surface area contributed by atoms with Gasteiger partial charge in [-0.15, -0.1) is 0 Å². The maximum atomic E-state index is 12.3. The van der Waals surface area contributed by atoms with Crippen molar-refractivity contribution in [3.8, 4) is 22.6 Å². The lowest BCUT2D eigenvalue weighted by Gasteiger charge is -2.16. The number of rotatable bonds is 5. The summed E-state index contributed by atoms with van der Waals surface area (Å²) in [7, 11) is 0. The molecule has 0 radical (unpaired) electrons. The topological polar surface area (TPSA) is 60.5 Å². The number of ether oxygens (including phenoxy) is 2. The highest BCUT2D eigenvalue weighted by atomic mass is 16.5. The molecule has 0 unspecified atom stereocenters. The molecule has 0 aliphatic carbocycles. The Morgan fingerprint density at radius 1 is 1.04 bits per heavy atom. The van der Waals surface area contributed by atoms with Crippen molar-refractivity contribution in [2.45, 2.75) is 20.4 Å². The van der Waals surface area contributed by atoms with Crippen LogP contribution in [0.2, 0.25) is 0 Å². The van der Waals surface area contributed by atoms with Crippen molar-refractivity contribution in [1.82, 2.24) is 10.3 Å². The highest BCUT2D eigenvalue weighted by Crippen LogP contribution is 2.41. The van der Waals surface area contributed by atoms with Crippen LogP contribution in [0, 0.1) is 0 Å². The Labute approximate surface area is 152 Å². The average molecular weight is 348 g/mol. The second-order valence-corrected chi connectivity index (χ2v) is 6.08. The molecule has 1 aromatic heterocycles. The summed E-state index contributed by atoms with van der Waals surface area (Å²) in [6, 6.07) is 9.85. The predicted molar refractivity (Wildman–Crippen MR) is 101 cm³/mol. The summed E-state index contributed by atoms with van der Waals surface area (Å²) in [6.45, 7) is 5.53. The third-order valence-corrected chi connectivity index (χ3v) is 4.55. The van der Waals surface area contributed by atoms with E-state index in [9.17, 15) is 4.79 Å². The molecule has 2 aromatic carbocycles. The second-order valence-electron chi connectivity index (χ2n) is 6.08. The van der Waals surface area contributed by atoms with Crippen LogP contribution in [0.25, 0.3) is 21.9 Å². The number of nitrogens with zero attached hydrogens (tertiary/aromatic N) is 1. The van der Waals surface area contributed by atoms with Crippen molar-refractivity contribution in [3.63, 3.8) is 0 Å². The molecule has 1 aliphatic rings. The first kappa shape index (κ1) is 16.4. The van der Waals surface area contributed by atoms with Crippen LogP contribution in [-0.4, -0.2) is 24.1 Å². The predicted octanol–water partition coefficient (Wildman–Crippen LogP) is 3.94. The lowest BCUT2D eigenvalue weighted by molar-refractivity contribution is 0.0966. The third-order valence-electron chi connectivity index (χ3n) is 4.55. The van der Waals surface area contributed by atoms with E-state index < -0.39 is 0 Å². The van der Waals surface area contributed by atoms with Crippen molar-refractivity contribution < 1.29 is 14.3 Å². The molecule has 26 heavy (non-hydrogen) atoms. The number of aromatic nitrogens is 1. The van der Waals surface area contributed by atoms with Crippen LogP contribution in [0.5, 0.6) is 11.5 Å². The van der Waals surface area contributed by atoms with Gasteiger partial charge in [-0.1, -0.05) is 0 Å². The number of carbonyl (C=O) groups is 1. The standard InChI is InChI=1S/C21H20N2O3/c1-3-25-18-10-14-9-16-17(12-23-21(16)24)20(13-5-7-22-8-6-13)15(14)11-19(18)26-4-2/h5-11H,3-4,12H2,1-2H3,(H,23,24). The number of carbonyl (C=O) groups excluding carboxylic acids is 1. The van der Waals surface area contributed by atoms with E-state index in [0.717, 1.165) is 38.8 Å². The molecule has 3 aromatic rings. The number of benzene rings is 2. The molecule has 1 amide bonds. The fraction of sp³-hybridized carbons (Fsp3) is 0.238. The monoisotopic (exact) mass is 348 g/mol. The molecule has 1 aliphatic heterocycles. The number of pyridine rings is 1. The number of amides is 1. The molecule has 5 nitrogen and oxygen atoms in total. The van der Waals surface area contributed by atoms with Crippen LogP contribution in [0.1, 0.15) is 29.8 Å². The van der Waals surface area contributed by atoms with Crippen molar-refractivity contribution in [2.75, 3.05) is 13.2 Å². The van der Waals surface area contributed by atoms with Gasteiger partial charge in [0, 0.05) is 24.5 Å². The van der Waals surface area contributed by atoms with E-state index in [1.807, 2.05) is 44.2 Å². The Balaban J connectivity index is 2.06. The van der Waals surface area contributed by atoms with Gasteiger partial charge in [-0.25, -0.2) is 0 Å². The van der Waals surface area contributed by atoms with Gasteiger partial charge in [0.15, 0.2) is 11.5 Å². The van der Waals surface area contributed by atoms with E-state index in [0.29, 0.717) is 25.5 Å². The molecular weight excluding hydrogens is 328 g/mol. The number of hydrogen-bond acceptors (Lipinski definition) is 4. The number of fused-ring (bicyclic) bond motifs is 2. The summed E-state index contributed by atoms with van der Waals surface area (Å²) < 4.78 is 11.6. The third kappa shape index (κ3) is 2.65. The van der Waals surface area contributed by atoms with Crippen LogP contribution in [0.15, 0.2) is 42.7 Å². The fourth-order valence-corrected chi connectivity index (χ4v) is 3.49. The smallest absolute Gasteiger partial charge is 0.251 e. The molecule has 0 saturated carbocycles. The van der Waals surface area contributed by atoms with Crippen molar-refractivity contribution >= 4 is 16.7 Å². The Morgan fingerprint density at radius 3 is 2.42 bits per heavy atom. The highest BCUT2D eigenvalue weighted by Gasteiger charge is 2.25. The SMILES string of the molecule is CCOc1cc2cc3c(c(-c4ccncc4)c2cc1OCC)CNC3=O. The first-order valence-corrected chi connectivity index (χ1v) is 8.80. The second kappa shape index (κ2) is 6.67. The van der Waals surface area contributed by atoms with Gasteiger partial charge >= 0.3 is 0 Å². The highest BCUT2D eigenvalue weighted by molar-refractivity contribution is 6.09. The van der Waals surface area contributed by atoms with E-state index in [2.05, 4.69) is 10.3 Å². The van der Waals surface area contributed by atoms with Crippen LogP contribution in [0.3, 0.4) is 0 Å². The molecule has 0 spiro atoms. The van der Waals surface area contributed by atoms with Gasteiger partial charge in [-0.2, -0.15) is 0 Å².